The Hall–Kier alpha value is -2.20. The summed E-state index contributed by atoms with van der Waals surface area (Å²) in [6.07, 6.45) is 0. The van der Waals surface area contributed by atoms with Crippen LogP contribution >= 0.6 is 0 Å². The van der Waals surface area contributed by atoms with Crippen LogP contribution in [0.4, 0.5) is 5.69 Å². The van der Waals surface area contributed by atoms with E-state index in [9.17, 15) is 0 Å². The maximum atomic E-state index is 9.16. The molecule has 0 aliphatic carbocycles. The highest BCUT2D eigenvalue weighted by Gasteiger charge is 2.02. The van der Waals surface area contributed by atoms with E-state index in [0.717, 1.165) is 5.56 Å². The first-order valence-corrected chi connectivity index (χ1v) is 6.10. The maximum Gasteiger partial charge on any atom is 0.142 e. The predicted molar refractivity (Wildman–Crippen MR) is 74.2 cm³/mol. The van der Waals surface area contributed by atoms with Crippen LogP contribution in [0.2, 0.25) is 0 Å². The summed E-state index contributed by atoms with van der Waals surface area (Å²) in [4.78, 5) is 0. The second kappa shape index (κ2) is 6.66. The second-order valence-corrected chi connectivity index (χ2v) is 4.00. The predicted octanol–water partition coefficient (Wildman–Crippen LogP) is 2.22. The molecule has 4 nitrogen and oxygen atoms in total. The zero-order valence-corrected chi connectivity index (χ0v) is 10.6. The van der Waals surface area contributed by atoms with Gasteiger partial charge >= 0.3 is 0 Å². The molecule has 0 amide bonds. The monoisotopic (exact) mass is 259 g/mol. The normalized spacial score (nSPS) is 10.2. The summed E-state index contributed by atoms with van der Waals surface area (Å²) in [5.74, 6) is 1.33. The minimum absolute atomic E-state index is 0.0390. The standard InChI is InChI=1S/C15H17NO3/c16-13-6-2-4-8-15(13)19-10-9-18-14-7-3-1-5-12(14)11-17/h1-8,17H,9-11,16H2. The van der Waals surface area contributed by atoms with E-state index in [0.29, 0.717) is 30.4 Å². The van der Waals surface area contributed by atoms with E-state index in [1.54, 1.807) is 6.07 Å². The first-order valence-electron chi connectivity index (χ1n) is 6.10. The van der Waals surface area contributed by atoms with E-state index in [1.165, 1.54) is 0 Å². The van der Waals surface area contributed by atoms with Crippen molar-refractivity contribution in [1.29, 1.82) is 0 Å². The molecule has 4 heteroatoms. The number of para-hydroxylation sites is 3. The molecule has 0 heterocycles. The van der Waals surface area contributed by atoms with Crippen molar-refractivity contribution in [2.24, 2.45) is 0 Å². The van der Waals surface area contributed by atoms with Gasteiger partial charge in [0.15, 0.2) is 0 Å². The molecule has 2 aromatic rings. The molecule has 100 valence electrons. The third-order valence-electron chi connectivity index (χ3n) is 2.66. The molecule has 2 rings (SSSR count). The molecule has 19 heavy (non-hydrogen) atoms. The maximum absolute atomic E-state index is 9.16. The molecule has 0 fully saturated rings. The van der Waals surface area contributed by atoms with Gasteiger partial charge in [0.25, 0.3) is 0 Å². The fourth-order valence-corrected chi connectivity index (χ4v) is 1.69. The Morgan fingerprint density at radius 3 is 2.11 bits per heavy atom. The lowest BCUT2D eigenvalue weighted by atomic mass is 10.2. The van der Waals surface area contributed by atoms with Crippen molar-refractivity contribution in [3.63, 3.8) is 0 Å². The first kappa shape index (κ1) is 13.2. The Morgan fingerprint density at radius 2 is 1.42 bits per heavy atom. The highest BCUT2D eigenvalue weighted by molar-refractivity contribution is 5.51. The Morgan fingerprint density at radius 1 is 0.842 bits per heavy atom. The minimum atomic E-state index is -0.0390. The number of aliphatic hydroxyl groups excluding tert-OH is 1. The van der Waals surface area contributed by atoms with E-state index in [-0.39, 0.29) is 6.61 Å². The largest absolute Gasteiger partial charge is 0.490 e. The third kappa shape index (κ3) is 3.63. The molecule has 0 atom stereocenters. The number of aliphatic hydroxyl groups is 1. The lowest BCUT2D eigenvalue weighted by molar-refractivity contribution is 0.210. The molecule has 0 radical (unpaired) electrons. The molecular weight excluding hydrogens is 242 g/mol. The average molecular weight is 259 g/mol. The van der Waals surface area contributed by atoms with Gasteiger partial charge in [0.1, 0.15) is 24.7 Å². The molecular formula is C15H17NO3. The van der Waals surface area contributed by atoms with Crippen molar-refractivity contribution in [3.05, 3.63) is 54.1 Å². The molecule has 0 spiro atoms. The van der Waals surface area contributed by atoms with Crippen molar-refractivity contribution < 1.29 is 14.6 Å². The van der Waals surface area contributed by atoms with Crippen molar-refractivity contribution in [2.75, 3.05) is 18.9 Å². The van der Waals surface area contributed by atoms with Crippen molar-refractivity contribution in [3.8, 4) is 11.5 Å². The van der Waals surface area contributed by atoms with Crippen LogP contribution in [-0.2, 0) is 6.61 Å². The zero-order valence-electron chi connectivity index (χ0n) is 10.6. The number of anilines is 1. The van der Waals surface area contributed by atoms with E-state index >= 15 is 0 Å². The van der Waals surface area contributed by atoms with Crippen LogP contribution in [0.15, 0.2) is 48.5 Å². The summed E-state index contributed by atoms with van der Waals surface area (Å²) in [6.45, 7) is 0.752. The summed E-state index contributed by atoms with van der Waals surface area (Å²) >= 11 is 0. The van der Waals surface area contributed by atoms with Gasteiger partial charge in [0.2, 0.25) is 0 Å². The third-order valence-corrected chi connectivity index (χ3v) is 2.66. The van der Waals surface area contributed by atoms with E-state index in [1.807, 2.05) is 42.5 Å². The molecule has 3 N–H and O–H groups in total. The van der Waals surface area contributed by atoms with Gasteiger partial charge in [0, 0.05) is 5.56 Å². The van der Waals surface area contributed by atoms with Crippen molar-refractivity contribution in [2.45, 2.75) is 6.61 Å². The number of ether oxygens (including phenoxy) is 2. The highest BCUT2D eigenvalue weighted by atomic mass is 16.5. The number of benzene rings is 2. The lowest BCUT2D eigenvalue weighted by Crippen LogP contribution is -2.10. The highest BCUT2D eigenvalue weighted by Crippen LogP contribution is 2.20. The quantitative estimate of drug-likeness (QED) is 0.616. The van der Waals surface area contributed by atoms with Crippen LogP contribution in [0.3, 0.4) is 0 Å². The molecule has 0 aliphatic heterocycles. The number of hydrogen-bond donors (Lipinski definition) is 2. The smallest absolute Gasteiger partial charge is 0.142 e. The second-order valence-electron chi connectivity index (χ2n) is 4.00. The SMILES string of the molecule is Nc1ccccc1OCCOc1ccccc1CO. The van der Waals surface area contributed by atoms with Crippen LogP contribution in [0.5, 0.6) is 11.5 Å². The van der Waals surface area contributed by atoms with Gasteiger partial charge in [-0.05, 0) is 18.2 Å². The fraction of sp³-hybridized carbons (Fsp3) is 0.200. The molecule has 0 bridgehead atoms. The van der Waals surface area contributed by atoms with Gasteiger partial charge in [-0.2, -0.15) is 0 Å². The number of hydrogen-bond acceptors (Lipinski definition) is 4. The minimum Gasteiger partial charge on any atom is -0.490 e. The van der Waals surface area contributed by atoms with Gasteiger partial charge in [0.05, 0.1) is 12.3 Å². The molecule has 2 aromatic carbocycles. The van der Waals surface area contributed by atoms with Gasteiger partial charge in [-0.15, -0.1) is 0 Å². The Labute approximate surface area is 112 Å². The van der Waals surface area contributed by atoms with Crippen LogP contribution in [0.1, 0.15) is 5.56 Å². The average Bonchev–Trinajstić information content (AvgIpc) is 2.45. The summed E-state index contributed by atoms with van der Waals surface area (Å²) in [6, 6.07) is 14.7. The zero-order chi connectivity index (χ0) is 13.5. The van der Waals surface area contributed by atoms with Crippen LogP contribution in [0.25, 0.3) is 0 Å². The van der Waals surface area contributed by atoms with Crippen molar-refractivity contribution >= 4 is 5.69 Å². The number of nitrogens with two attached hydrogens (primary N) is 1. The Bertz CT molecular complexity index is 528. The summed E-state index contributed by atoms with van der Waals surface area (Å²) in [5, 5.41) is 9.16. The summed E-state index contributed by atoms with van der Waals surface area (Å²) < 4.78 is 11.1. The molecule has 0 aliphatic rings. The molecule has 0 unspecified atom stereocenters. The van der Waals surface area contributed by atoms with Crippen LogP contribution in [-0.4, -0.2) is 18.3 Å². The lowest BCUT2D eigenvalue weighted by Gasteiger charge is -2.11. The summed E-state index contributed by atoms with van der Waals surface area (Å²) in [5.41, 5.74) is 7.14. The van der Waals surface area contributed by atoms with Gasteiger partial charge < -0.3 is 20.3 Å². The van der Waals surface area contributed by atoms with E-state index in [2.05, 4.69) is 0 Å². The number of rotatable bonds is 6. The van der Waals surface area contributed by atoms with Crippen LogP contribution in [0, 0.1) is 0 Å². The number of nitrogen functional groups attached to an aromatic ring is 1. The van der Waals surface area contributed by atoms with Gasteiger partial charge in [-0.1, -0.05) is 30.3 Å². The fourth-order valence-electron chi connectivity index (χ4n) is 1.69. The van der Waals surface area contributed by atoms with Gasteiger partial charge in [-0.3, -0.25) is 0 Å². The Kier molecular flexibility index (Phi) is 4.64. The van der Waals surface area contributed by atoms with E-state index in [4.69, 9.17) is 20.3 Å². The van der Waals surface area contributed by atoms with E-state index < -0.39 is 0 Å². The van der Waals surface area contributed by atoms with Crippen LogP contribution < -0.4 is 15.2 Å². The topological polar surface area (TPSA) is 64.7 Å². The Balaban J connectivity index is 1.83. The molecule has 0 saturated heterocycles. The first-order chi connectivity index (χ1) is 9.31. The summed E-state index contributed by atoms with van der Waals surface area (Å²) in [7, 11) is 0. The molecule has 0 aromatic heterocycles. The molecule has 0 saturated carbocycles. The van der Waals surface area contributed by atoms with Crippen molar-refractivity contribution in [1.82, 2.24) is 0 Å². The van der Waals surface area contributed by atoms with Gasteiger partial charge in [-0.25, -0.2) is 0 Å².